The van der Waals surface area contributed by atoms with Crippen molar-refractivity contribution in [2.45, 2.75) is 13.5 Å². The van der Waals surface area contributed by atoms with E-state index in [1.54, 1.807) is 36.2 Å². The van der Waals surface area contributed by atoms with Gasteiger partial charge < -0.3 is 14.2 Å². The van der Waals surface area contributed by atoms with E-state index < -0.39 is 0 Å². The number of benzene rings is 2. The Bertz CT molecular complexity index is 1270. The van der Waals surface area contributed by atoms with Crippen LogP contribution in [-0.2, 0) is 11.3 Å². The van der Waals surface area contributed by atoms with Crippen molar-refractivity contribution < 1.29 is 23.8 Å². The Morgan fingerprint density at radius 1 is 1.16 bits per heavy atom. The molecule has 3 aromatic rings. The Labute approximate surface area is 187 Å². The standard InChI is InChI=1S/C22H18N4O5S/c1-13-3-5-17(29-2)16(7-13)26-11-15(23-24-26)10-25-21(27)20(32-22(25)28)9-14-4-6-18-19(8-14)31-12-30-18/h3-9,11H,10,12H2,1-2H3/b20-9-. The van der Waals surface area contributed by atoms with Crippen LogP contribution in [0.15, 0.2) is 47.5 Å². The van der Waals surface area contributed by atoms with E-state index in [9.17, 15) is 9.59 Å². The van der Waals surface area contributed by atoms with Crippen LogP contribution in [0.2, 0.25) is 0 Å². The summed E-state index contributed by atoms with van der Waals surface area (Å²) in [6, 6.07) is 11.1. The molecule has 3 heterocycles. The Morgan fingerprint density at radius 3 is 2.84 bits per heavy atom. The number of thioether (sulfide) groups is 1. The number of carbonyl (C=O) groups excluding carboxylic acids is 2. The van der Waals surface area contributed by atoms with Gasteiger partial charge in [0.1, 0.15) is 17.1 Å². The van der Waals surface area contributed by atoms with E-state index >= 15 is 0 Å². The molecule has 2 aromatic carbocycles. The predicted molar refractivity (Wildman–Crippen MR) is 117 cm³/mol. The highest BCUT2D eigenvalue weighted by atomic mass is 32.2. The van der Waals surface area contributed by atoms with Crippen molar-refractivity contribution in [3.63, 3.8) is 0 Å². The highest BCUT2D eigenvalue weighted by Gasteiger charge is 2.35. The number of hydrogen-bond donors (Lipinski definition) is 0. The number of ether oxygens (including phenoxy) is 3. The van der Waals surface area contributed by atoms with Crippen molar-refractivity contribution in [3.8, 4) is 22.9 Å². The molecule has 162 valence electrons. The molecule has 0 aliphatic carbocycles. The third-order valence-corrected chi connectivity index (χ3v) is 5.92. The topological polar surface area (TPSA) is 95.8 Å². The van der Waals surface area contributed by atoms with Gasteiger partial charge in [-0.25, -0.2) is 4.68 Å². The lowest BCUT2D eigenvalue weighted by Crippen LogP contribution is -2.27. The molecule has 0 saturated carbocycles. The lowest BCUT2D eigenvalue weighted by molar-refractivity contribution is -0.123. The van der Waals surface area contributed by atoms with Crippen LogP contribution >= 0.6 is 11.8 Å². The van der Waals surface area contributed by atoms with Crippen LogP contribution in [0.3, 0.4) is 0 Å². The molecule has 5 rings (SSSR count). The van der Waals surface area contributed by atoms with Crippen molar-refractivity contribution in [1.29, 1.82) is 0 Å². The number of amides is 2. The van der Waals surface area contributed by atoms with Gasteiger partial charge in [0.05, 0.1) is 24.8 Å². The first-order chi connectivity index (χ1) is 15.5. The minimum Gasteiger partial charge on any atom is -0.494 e. The summed E-state index contributed by atoms with van der Waals surface area (Å²) in [4.78, 5) is 26.9. The number of imide groups is 1. The monoisotopic (exact) mass is 450 g/mol. The van der Waals surface area contributed by atoms with Crippen LogP contribution in [0.25, 0.3) is 11.8 Å². The van der Waals surface area contributed by atoms with Crippen molar-refractivity contribution in [1.82, 2.24) is 19.9 Å². The van der Waals surface area contributed by atoms with Crippen molar-refractivity contribution >= 4 is 29.0 Å². The number of aryl methyl sites for hydroxylation is 1. The molecular formula is C22H18N4O5S. The normalized spacial score (nSPS) is 16.3. The van der Waals surface area contributed by atoms with E-state index in [1.807, 2.05) is 31.2 Å². The predicted octanol–water partition coefficient (Wildman–Crippen LogP) is 3.55. The molecule has 1 saturated heterocycles. The lowest BCUT2D eigenvalue weighted by Gasteiger charge is -2.10. The highest BCUT2D eigenvalue weighted by Crippen LogP contribution is 2.36. The van der Waals surface area contributed by atoms with Gasteiger partial charge in [0.25, 0.3) is 11.1 Å². The van der Waals surface area contributed by atoms with Crippen LogP contribution in [-0.4, -0.2) is 44.9 Å². The molecule has 32 heavy (non-hydrogen) atoms. The first-order valence-corrected chi connectivity index (χ1v) is 10.5. The SMILES string of the molecule is COc1ccc(C)cc1-n1cc(CN2C(=O)S/C(=C\c3ccc4c(c3)OCO4)C2=O)nn1. The van der Waals surface area contributed by atoms with Crippen LogP contribution in [0.5, 0.6) is 17.2 Å². The summed E-state index contributed by atoms with van der Waals surface area (Å²) < 4.78 is 17.6. The molecular weight excluding hydrogens is 432 g/mol. The highest BCUT2D eigenvalue weighted by molar-refractivity contribution is 8.18. The molecule has 1 fully saturated rings. The third kappa shape index (κ3) is 3.69. The van der Waals surface area contributed by atoms with Crippen molar-refractivity contribution in [2.24, 2.45) is 0 Å². The Morgan fingerprint density at radius 2 is 2.00 bits per heavy atom. The Balaban J connectivity index is 1.35. The maximum Gasteiger partial charge on any atom is 0.293 e. The maximum atomic E-state index is 12.9. The summed E-state index contributed by atoms with van der Waals surface area (Å²) in [5.41, 5.74) is 3.00. The van der Waals surface area contributed by atoms with E-state index in [1.165, 1.54) is 0 Å². The molecule has 1 aromatic heterocycles. The van der Waals surface area contributed by atoms with Gasteiger partial charge in [0.15, 0.2) is 11.5 Å². The fraction of sp³-hybridized carbons (Fsp3) is 0.182. The lowest BCUT2D eigenvalue weighted by atomic mass is 10.2. The summed E-state index contributed by atoms with van der Waals surface area (Å²) in [6.07, 6.45) is 3.35. The van der Waals surface area contributed by atoms with E-state index in [-0.39, 0.29) is 24.5 Å². The van der Waals surface area contributed by atoms with Crippen LogP contribution in [0, 0.1) is 6.92 Å². The average Bonchev–Trinajstić information content (AvgIpc) is 3.50. The zero-order chi connectivity index (χ0) is 22.2. The van der Waals surface area contributed by atoms with E-state index in [0.29, 0.717) is 27.8 Å². The van der Waals surface area contributed by atoms with Crippen LogP contribution in [0.1, 0.15) is 16.8 Å². The van der Waals surface area contributed by atoms with E-state index in [0.717, 1.165) is 33.5 Å². The zero-order valence-electron chi connectivity index (χ0n) is 17.3. The second kappa shape index (κ2) is 8.04. The summed E-state index contributed by atoms with van der Waals surface area (Å²) in [6.45, 7) is 2.16. The van der Waals surface area contributed by atoms with Gasteiger partial charge in [-0.3, -0.25) is 14.5 Å². The summed E-state index contributed by atoms with van der Waals surface area (Å²) in [7, 11) is 1.58. The summed E-state index contributed by atoms with van der Waals surface area (Å²) in [5.74, 6) is 1.54. The Hall–Kier alpha value is -3.79. The molecule has 0 radical (unpaired) electrons. The van der Waals surface area contributed by atoms with Gasteiger partial charge in [0, 0.05) is 0 Å². The van der Waals surface area contributed by atoms with Crippen LogP contribution in [0.4, 0.5) is 4.79 Å². The fourth-order valence-corrected chi connectivity index (χ4v) is 4.26. The van der Waals surface area contributed by atoms with Crippen molar-refractivity contribution in [2.75, 3.05) is 13.9 Å². The van der Waals surface area contributed by atoms with Crippen LogP contribution < -0.4 is 14.2 Å². The van der Waals surface area contributed by atoms with Gasteiger partial charge in [-0.05, 0) is 60.2 Å². The first kappa shape index (κ1) is 20.1. The number of fused-ring (bicyclic) bond motifs is 1. The number of carbonyl (C=O) groups is 2. The zero-order valence-corrected chi connectivity index (χ0v) is 18.1. The number of methoxy groups -OCH3 is 1. The molecule has 0 N–H and O–H groups in total. The smallest absolute Gasteiger partial charge is 0.293 e. The second-order valence-corrected chi connectivity index (χ2v) is 8.20. The molecule has 9 nitrogen and oxygen atoms in total. The molecule has 0 atom stereocenters. The molecule has 2 aliphatic rings. The number of hydrogen-bond acceptors (Lipinski definition) is 8. The quantitative estimate of drug-likeness (QED) is 0.545. The van der Waals surface area contributed by atoms with Gasteiger partial charge in [-0.1, -0.05) is 17.3 Å². The van der Waals surface area contributed by atoms with Gasteiger partial charge in [-0.15, -0.1) is 5.10 Å². The van der Waals surface area contributed by atoms with Gasteiger partial charge >= 0.3 is 0 Å². The van der Waals surface area contributed by atoms with E-state index in [4.69, 9.17) is 14.2 Å². The fourth-order valence-electron chi connectivity index (χ4n) is 3.42. The minimum absolute atomic E-state index is 0.0251. The molecule has 2 aliphatic heterocycles. The average molecular weight is 450 g/mol. The summed E-state index contributed by atoms with van der Waals surface area (Å²) in [5, 5.41) is 7.91. The molecule has 0 bridgehead atoms. The number of aromatic nitrogens is 3. The Kier molecular flexibility index (Phi) is 5.06. The third-order valence-electron chi connectivity index (χ3n) is 5.01. The van der Waals surface area contributed by atoms with Crippen molar-refractivity contribution in [3.05, 3.63) is 64.3 Å². The first-order valence-electron chi connectivity index (χ1n) is 9.73. The van der Waals surface area contributed by atoms with E-state index in [2.05, 4.69) is 10.3 Å². The number of nitrogens with zero attached hydrogens (tertiary/aromatic N) is 4. The maximum absolute atomic E-state index is 12.9. The van der Waals surface area contributed by atoms with Gasteiger partial charge in [-0.2, -0.15) is 0 Å². The molecule has 10 heteroatoms. The molecule has 0 unspecified atom stereocenters. The largest absolute Gasteiger partial charge is 0.494 e. The molecule has 0 spiro atoms. The molecule has 2 amide bonds. The second-order valence-electron chi connectivity index (χ2n) is 7.21. The van der Waals surface area contributed by atoms with Gasteiger partial charge in [0.2, 0.25) is 6.79 Å². The minimum atomic E-state index is -0.375. The number of rotatable bonds is 5. The summed E-state index contributed by atoms with van der Waals surface area (Å²) >= 11 is 0.892.